The van der Waals surface area contributed by atoms with Gasteiger partial charge >= 0.3 is 0 Å². The molecular weight excluding hydrogens is 650 g/mol. The van der Waals surface area contributed by atoms with Crippen LogP contribution in [0, 0.1) is 0 Å². The molecule has 0 amide bonds. The summed E-state index contributed by atoms with van der Waals surface area (Å²) in [7, 11) is 1.80. The Kier molecular flexibility index (Phi) is 10.6. The summed E-state index contributed by atoms with van der Waals surface area (Å²) in [6, 6.07) is 17.8. The number of nitrogens with two attached hydrogens (primary N) is 1. The van der Waals surface area contributed by atoms with Crippen molar-refractivity contribution in [1.82, 2.24) is 24.2 Å². The predicted molar refractivity (Wildman–Crippen MR) is 180 cm³/mol. The molecule has 0 spiro atoms. The van der Waals surface area contributed by atoms with Crippen molar-refractivity contribution in [3.8, 4) is 21.7 Å². The van der Waals surface area contributed by atoms with E-state index in [0.717, 1.165) is 37.2 Å². The average molecular weight is 683 g/mol. The number of hydrogen-bond acceptors (Lipinski definition) is 7. The Bertz CT molecular complexity index is 1780. The van der Waals surface area contributed by atoms with Gasteiger partial charge < -0.3 is 10.8 Å². The van der Waals surface area contributed by atoms with Gasteiger partial charge in [-0.1, -0.05) is 59.6 Å². The predicted octanol–water partition coefficient (Wildman–Crippen LogP) is 6.16. The lowest BCUT2D eigenvalue weighted by atomic mass is 9.91. The zero-order valence-corrected chi connectivity index (χ0v) is 27.3. The van der Waals surface area contributed by atoms with Crippen molar-refractivity contribution in [3.05, 3.63) is 91.8 Å². The van der Waals surface area contributed by atoms with Crippen LogP contribution in [0.5, 0.6) is 0 Å². The Balaban J connectivity index is 0.00000212. The number of rotatable bonds is 7. The number of benzene rings is 2. The molecule has 5 aromatic rings. The Labute approximate surface area is 275 Å². The molecule has 43 heavy (non-hydrogen) atoms. The van der Waals surface area contributed by atoms with Gasteiger partial charge in [-0.2, -0.15) is 5.10 Å². The standard InChI is InChI=1S/C30H30Cl2N6O2S.2ClH/c1-36-28(20-4-2-19(15-33)3-5-20)26-27(35-36)29(39)38(18-34-26)17-30(40)10-12-37(13-11-30)16-22-7-6-21(14-23(22)31)24-8-9-25(32)41-24;;/h2-9,14,18,40H,10-13,15-17,33H2,1H3;2*1H. The molecule has 1 aliphatic rings. The van der Waals surface area contributed by atoms with Gasteiger partial charge in [0, 0.05) is 48.7 Å². The van der Waals surface area contributed by atoms with Crippen LogP contribution in [0.2, 0.25) is 9.36 Å². The van der Waals surface area contributed by atoms with E-state index in [-0.39, 0.29) is 42.4 Å². The molecule has 3 N–H and O–H groups in total. The van der Waals surface area contributed by atoms with Gasteiger partial charge in [-0.3, -0.25) is 18.9 Å². The lowest BCUT2D eigenvalue weighted by Crippen LogP contribution is -2.47. The van der Waals surface area contributed by atoms with Crippen LogP contribution in [0.4, 0.5) is 0 Å². The van der Waals surface area contributed by atoms with E-state index in [2.05, 4.69) is 27.1 Å². The van der Waals surface area contributed by atoms with Crippen LogP contribution in [-0.2, 0) is 26.7 Å². The first kappa shape index (κ1) is 33.4. The largest absolute Gasteiger partial charge is 0.388 e. The molecule has 13 heteroatoms. The van der Waals surface area contributed by atoms with Crippen LogP contribution in [0.25, 0.3) is 32.7 Å². The lowest BCUT2D eigenvalue weighted by Gasteiger charge is -2.38. The summed E-state index contributed by atoms with van der Waals surface area (Å²) in [6.45, 7) is 2.69. The summed E-state index contributed by atoms with van der Waals surface area (Å²) in [5.74, 6) is 0. The molecule has 0 atom stereocenters. The van der Waals surface area contributed by atoms with Crippen molar-refractivity contribution in [2.75, 3.05) is 13.1 Å². The van der Waals surface area contributed by atoms with Crippen LogP contribution in [0.15, 0.2) is 65.7 Å². The first-order chi connectivity index (χ1) is 19.7. The number of likely N-dealkylation sites (tertiary alicyclic amines) is 1. The third kappa shape index (κ3) is 6.95. The highest BCUT2D eigenvalue weighted by Crippen LogP contribution is 2.34. The molecule has 6 rings (SSSR count). The minimum Gasteiger partial charge on any atom is -0.388 e. The number of fused-ring (bicyclic) bond motifs is 1. The van der Waals surface area contributed by atoms with Crippen LogP contribution in [-0.4, -0.2) is 48.0 Å². The molecule has 0 saturated carbocycles. The molecule has 2 aromatic carbocycles. The van der Waals surface area contributed by atoms with E-state index in [1.807, 2.05) is 42.5 Å². The maximum atomic E-state index is 13.4. The molecule has 3 aromatic heterocycles. The lowest BCUT2D eigenvalue weighted by molar-refractivity contribution is -0.0364. The molecule has 8 nitrogen and oxygen atoms in total. The second-order valence-electron chi connectivity index (χ2n) is 10.7. The van der Waals surface area contributed by atoms with Crippen molar-refractivity contribution in [2.45, 2.75) is 38.1 Å². The summed E-state index contributed by atoms with van der Waals surface area (Å²) in [5, 5.41) is 16.6. The van der Waals surface area contributed by atoms with Gasteiger partial charge in [-0.05, 0) is 47.7 Å². The second kappa shape index (κ2) is 13.7. The normalized spacial score (nSPS) is 14.8. The maximum Gasteiger partial charge on any atom is 0.281 e. The Hall–Kier alpha value is -2.47. The first-order valence-corrected chi connectivity index (χ1v) is 15.0. The fourth-order valence-electron chi connectivity index (χ4n) is 5.47. The smallest absolute Gasteiger partial charge is 0.281 e. The van der Waals surface area contributed by atoms with Crippen molar-refractivity contribution < 1.29 is 5.11 Å². The van der Waals surface area contributed by atoms with Gasteiger partial charge in [0.15, 0.2) is 5.52 Å². The van der Waals surface area contributed by atoms with Gasteiger partial charge in [0.05, 0.1) is 28.5 Å². The van der Waals surface area contributed by atoms with Gasteiger partial charge in [0.1, 0.15) is 5.52 Å². The SMILES string of the molecule is Cl.Cl.Cn1nc2c(=O)n(CC3(O)CCN(Cc4ccc(-c5ccc(Cl)s5)cc4Cl)CC3)cnc2c1-c1ccc(CN)cc1. The molecule has 4 heterocycles. The van der Waals surface area contributed by atoms with E-state index in [1.54, 1.807) is 11.7 Å². The van der Waals surface area contributed by atoms with Crippen LogP contribution >= 0.6 is 59.4 Å². The number of nitrogens with zero attached hydrogens (tertiary/aromatic N) is 5. The van der Waals surface area contributed by atoms with Crippen LogP contribution in [0.3, 0.4) is 0 Å². The van der Waals surface area contributed by atoms with E-state index in [4.69, 9.17) is 28.9 Å². The summed E-state index contributed by atoms with van der Waals surface area (Å²) < 4.78 is 3.91. The van der Waals surface area contributed by atoms with Gasteiger partial charge in [-0.15, -0.1) is 36.2 Å². The molecule has 0 radical (unpaired) electrons. The number of aryl methyl sites for hydroxylation is 1. The average Bonchev–Trinajstić information content (AvgIpc) is 3.55. The minimum absolute atomic E-state index is 0. The zero-order valence-electron chi connectivity index (χ0n) is 23.4. The minimum atomic E-state index is -1.02. The second-order valence-corrected chi connectivity index (χ2v) is 12.8. The number of halogens is 4. The summed E-state index contributed by atoms with van der Waals surface area (Å²) >= 11 is 14.2. The first-order valence-electron chi connectivity index (χ1n) is 13.4. The summed E-state index contributed by atoms with van der Waals surface area (Å²) in [6.07, 6.45) is 2.58. The van der Waals surface area contributed by atoms with Crippen LogP contribution in [0.1, 0.15) is 24.0 Å². The van der Waals surface area contributed by atoms with E-state index in [1.165, 1.54) is 22.2 Å². The van der Waals surface area contributed by atoms with Gasteiger partial charge in [0.25, 0.3) is 5.56 Å². The molecule has 228 valence electrons. The highest BCUT2D eigenvalue weighted by Gasteiger charge is 2.33. The van der Waals surface area contributed by atoms with E-state index < -0.39 is 5.60 Å². The van der Waals surface area contributed by atoms with E-state index in [9.17, 15) is 9.90 Å². The quantitative estimate of drug-likeness (QED) is 0.213. The summed E-state index contributed by atoms with van der Waals surface area (Å²) in [5.41, 5.74) is 10.1. The number of thiophene rings is 1. The molecule has 1 saturated heterocycles. The topological polar surface area (TPSA) is 102 Å². The monoisotopic (exact) mass is 680 g/mol. The Morgan fingerprint density at radius 2 is 1.70 bits per heavy atom. The number of aromatic nitrogens is 4. The van der Waals surface area contributed by atoms with E-state index >= 15 is 0 Å². The highest BCUT2D eigenvalue weighted by atomic mass is 35.5. The highest BCUT2D eigenvalue weighted by molar-refractivity contribution is 7.19. The van der Waals surface area contributed by atoms with Crippen molar-refractivity contribution in [1.29, 1.82) is 0 Å². The number of hydrogen-bond donors (Lipinski definition) is 2. The number of piperidine rings is 1. The molecular formula is C30H32Cl4N6O2S. The number of aliphatic hydroxyl groups is 1. The molecule has 1 fully saturated rings. The zero-order chi connectivity index (χ0) is 28.7. The molecule has 0 aliphatic carbocycles. The third-order valence-electron chi connectivity index (χ3n) is 7.83. The Morgan fingerprint density at radius 3 is 2.33 bits per heavy atom. The fraction of sp³-hybridized carbons (Fsp3) is 0.300. The summed E-state index contributed by atoms with van der Waals surface area (Å²) in [4.78, 5) is 21.4. The van der Waals surface area contributed by atoms with Crippen molar-refractivity contribution in [2.24, 2.45) is 12.8 Å². The van der Waals surface area contributed by atoms with E-state index in [0.29, 0.717) is 49.6 Å². The molecule has 0 bridgehead atoms. The third-order valence-corrected chi connectivity index (χ3v) is 9.46. The van der Waals surface area contributed by atoms with Gasteiger partial charge in [-0.25, -0.2) is 4.98 Å². The van der Waals surface area contributed by atoms with Crippen molar-refractivity contribution in [3.63, 3.8) is 0 Å². The molecule has 1 aliphatic heterocycles. The van der Waals surface area contributed by atoms with Gasteiger partial charge in [0.2, 0.25) is 0 Å². The fourth-order valence-corrected chi connectivity index (χ4v) is 6.75. The Morgan fingerprint density at radius 1 is 1.00 bits per heavy atom. The maximum absolute atomic E-state index is 13.4. The van der Waals surface area contributed by atoms with Crippen LogP contribution < -0.4 is 11.3 Å². The van der Waals surface area contributed by atoms with Crippen molar-refractivity contribution >= 4 is 70.4 Å². The molecule has 0 unspecified atom stereocenters.